The topological polar surface area (TPSA) is 78.7 Å². The molecule has 0 unspecified atom stereocenters. The standard InChI is InChI=1S/C16H18N4O3/c1-18-8-9-19(10-12-4-2-3-5-13(12)18)15-16(23)20(7-6-17-15)11-14(21)22/h2-7H,8-11H2,1H3,(H,21,22). The van der Waals surface area contributed by atoms with Gasteiger partial charge in [0, 0.05) is 44.8 Å². The molecule has 3 rings (SSSR count). The van der Waals surface area contributed by atoms with Crippen molar-refractivity contribution in [3.63, 3.8) is 0 Å². The molecule has 1 N–H and O–H groups in total. The Morgan fingerprint density at radius 1 is 1.30 bits per heavy atom. The van der Waals surface area contributed by atoms with E-state index in [0.717, 1.165) is 17.8 Å². The maximum absolute atomic E-state index is 12.5. The second kappa shape index (κ2) is 6.12. The highest BCUT2D eigenvalue weighted by molar-refractivity contribution is 5.66. The van der Waals surface area contributed by atoms with Crippen LogP contribution >= 0.6 is 0 Å². The van der Waals surface area contributed by atoms with E-state index in [1.807, 2.05) is 30.1 Å². The van der Waals surface area contributed by atoms with E-state index in [9.17, 15) is 9.59 Å². The maximum Gasteiger partial charge on any atom is 0.323 e. The summed E-state index contributed by atoms with van der Waals surface area (Å²) in [4.78, 5) is 31.6. The summed E-state index contributed by atoms with van der Waals surface area (Å²) in [6, 6.07) is 8.05. The molecule has 0 fully saturated rings. The van der Waals surface area contributed by atoms with Crippen molar-refractivity contribution in [2.24, 2.45) is 0 Å². The molecule has 0 bridgehead atoms. The summed E-state index contributed by atoms with van der Waals surface area (Å²) in [7, 11) is 2.02. The van der Waals surface area contributed by atoms with Crippen LogP contribution in [0, 0.1) is 0 Å². The predicted octanol–water partition coefficient (Wildman–Crippen LogP) is 0.784. The number of hydrogen-bond acceptors (Lipinski definition) is 5. The quantitative estimate of drug-likeness (QED) is 0.902. The van der Waals surface area contributed by atoms with Gasteiger partial charge in [0.1, 0.15) is 6.54 Å². The molecule has 7 nitrogen and oxygen atoms in total. The van der Waals surface area contributed by atoms with Gasteiger partial charge in [-0.15, -0.1) is 0 Å². The van der Waals surface area contributed by atoms with Gasteiger partial charge in [-0.3, -0.25) is 14.2 Å². The van der Waals surface area contributed by atoms with Crippen LogP contribution < -0.4 is 15.4 Å². The Kier molecular flexibility index (Phi) is 4.01. The van der Waals surface area contributed by atoms with Gasteiger partial charge >= 0.3 is 5.97 Å². The van der Waals surface area contributed by atoms with Gasteiger partial charge in [0.2, 0.25) is 0 Å². The molecule has 1 aliphatic rings. The largest absolute Gasteiger partial charge is 0.480 e. The summed E-state index contributed by atoms with van der Waals surface area (Å²) in [5, 5.41) is 8.90. The van der Waals surface area contributed by atoms with E-state index in [1.165, 1.54) is 17.0 Å². The first-order valence-electron chi connectivity index (χ1n) is 7.37. The van der Waals surface area contributed by atoms with E-state index in [1.54, 1.807) is 0 Å². The molecule has 1 aromatic carbocycles. The summed E-state index contributed by atoms with van der Waals surface area (Å²) < 4.78 is 1.17. The third-order valence-electron chi connectivity index (χ3n) is 3.97. The molecule has 120 valence electrons. The maximum atomic E-state index is 12.5. The fourth-order valence-corrected chi connectivity index (χ4v) is 2.80. The normalized spacial score (nSPS) is 14.3. The smallest absolute Gasteiger partial charge is 0.323 e. The van der Waals surface area contributed by atoms with Crippen LogP contribution in [0.5, 0.6) is 0 Å². The summed E-state index contributed by atoms with van der Waals surface area (Å²) in [5.41, 5.74) is 1.87. The molecule has 0 saturated heterocycles. The SMILES string of the molecule is CN1CCN(c2nccn(CC(=O)O)c2=O)Cc2ccccc21. The van der Waals surface area contributed by atoms with Crippen LogP contribution in [0.1, 0.15) is 5.56 Å². The van der Waals surface area contributed by atoms with E-state index in [2.05, 4.69) is 16.0 Å². The number of hydrogen-bond donors (Lipinski definition) is 1. The number of nitrogens with zero attached hydrogens (tertiary/aromatic N) is 4. The molecule has 2 heterocycles. The van der Waals surface area contributed by atoms with Crippen molar-refractivity contribution in [3.05, 3.63) is 52.6 Å². The number of fused-ring (bicyclic) bond motifs is 1. The molecule has 0 aliphatic carbocycles. The Hall–Kier alpha value is -2.83. The van der Waals surface area contributed by atoms with Gasteiger partial charge in [0.15, 0.2) is 5.82 Å². The number of likely N-dealkylation sites (N-methyl/N-ethyl adjacent to an activating group) is 1. The van der Waals surface area contributed by atoms with Crippen molar-refractivity contribution in [1.29, 1.82) is 0 Å². The first kappa shape index (κ1) is 15.1. The minimum absolute atomic E-state index is 0.291. The average molecular weight is 314 g/mol. The number of carboxylic acid groups (broad SMARTS) is 1. The van der Waals surface area contributed by atoms with Gasteiger partial charge in [0.25, 0.3) is 5.56 Å². The first-order chi connectivity index (χ1) is 11.1. The van der Waals surface area contributed by atoms with Crippen LogP contribution in [0.4, 0.5) is 11.5 Å². The van der Waals surface area contributed by atoms with E-state index < -0.39 is 5.97 Å². The van der Waals surface area contributed by atoms with Crippen LogP contribution in [0.25, 0.3) is 0 Å². The number of para-hydroxylation sites is 1. The van der Waals surface area contributed by atoms with Crippen LogP contribution in [-0.2, 0) is 17.9 Å². The van der Waals surface area contributed by atoms with Crippen molar-refractivity contribution < 1.29 is 9.90 Å². The van der Waals surface area contributed by atoms with E-state index in [4.69, 9.17) is 5.11 Å². The number of aliphatic carboxylic acids is 1. The summed E-state index contributed by atoms with van der Waals surface area (Å²) in [5.74, 6) is -0.760. The molecular weight excluding hydrogens is 296 g/mol. The monoisotopic (exact) mass is 314 g/mol. The van der Waals surface area contributed by atoms with Crippen molar-refractivity contribution in [2.75, 3.05) is 29.9 Å². The Labute approximate surface area is 133 Å². The van der Waals surface area contributed by atoms with Crippen LogP contribution in [0.2, 0.25) is 0 Å². The Morgan fingerprint density at radius 3 is 2.87 bits per heavy atom. The highest BCUT2D eigenvalue weighted by Crippen LogP contribution is 2.24. The molecule has 2 aromatic rings. The van der Waals surface area contributed by atoms with Crippen molar-refractivity contribution in [3.8, 4) is 0 Å². The molecule has 7 heteroatoms. The van der Waals surface area contributed by atoms with Crippen LogP contribution in [0.3, 0.4) is 0 Å². The lowest BCUT2D eigenvalue weighted by atomic mass is 10.1. The summed E-state index contributed by atoms with van der Waals surface area (Å²) >= 11 is 0. The highest BCUT2D eigenvalue weighted by Gasteiger charge is 2.21. The number of aromatic nitrogens is 2. The van der Waals surface area contributed by atoms with Crippen molar-refractivity contribution in [2.45, 2.75) is 13.1 Å². The molecule has 0 atom stereocenters. The minimum Gasteiger partial charge on any atom is -0.480 e. The third-order valence-corrected chi connectivity index (χ3v) is 3.97. The van der Waals surface area contributed by atoms with E-state index >= 15 is 0 Å². The van der Waals surface area contributed by atoms with Gasteiger partial charge in [0.05, 0.1) is 0 Å². The fourth-order valence-electron chi connectivity index (χ4n) is 2.80. The number of rotatable bonds is 3. The zero-order chi connectivity index (χ0) is 16.4. The van der Waals surface area contributed by atoms with Gasteiger partial charge in [-0.1, -0.05) is 18.2 Å². The van der Waals surface area contributed by atoms with E-state index in [-0.39, 0.29) is 12.1 Å². The molecule has 0 amide bonds. The highest BCUT2D eigenvalue weighted by atomic mass is 16.4. The van der Waals surface area contributed by atoms with Crippen molar-refractivity contribution in [1.82, 2.24) is 9.55 Å². The molecule has 0 spiro atoms. The average Bonchev–Trinajstić information content (AvgIpc) is 2.69. The fraction of sp³-hybridized carbons (Fsp3) is 0.312. The lowest BCUT2D eigenvalue weighted by molar-refractivity contribution is -0.137. The number of carboxylic acids is 1. The zero-order valence-corrected chi connectivity index (χ0v) is 12.8. The van der Waals surface area contributed by atoms with Crippen molar-refractivity contribution >= 4 is 17.5 Å². The Balaban J connectivity index is 1.97. The first-order valence-corrected chi connectivity index (χ1v) is 7.37. The predicted molar refractivity (Wildman–Crippen MR) is 86.9 cm³/mol. The second-order valence-electron chi connectivity index (χ2n) is 5.55. The zero-order valence-electron chi connectivity index (χ0n) is 12.8. The summed E-state index contributed by atoms with van der Waals surface area (Å²) in [6.07, 6.45) is 2.87. The minimum atomic E-state index is -1.05. The molecular formula is C16H18N4O3. The number of benzene rings is 1. The Bertz CT molecular complexity index is 787. The van der Waals surface area contributed by atoms with Crippen LogP contribution in [-0.4, -0.2) is 40.8 Å². The molecule has 1 aromatic heterocycles. The van der Waals surface area contributed by atoms with Gasteiger partial charge in [-0.2, -0.15) is 0 Å². The molecule has 0 radical (unpaired) electrons. The van der Waals surface area contributed by atoms with Gasteiger partial charge in [-0.05, 0) is 11.6 Å². The van der Waals surface area contributed by atoms with Gasteiger partial charge in [-0.25, -0.2) is 4.98 Å². The number of anilines is 2. The second-order valence-corrected chi connectivity index (χ2v) is 5.55. The molecule has 0 saturated carbocycles. The molecule has 1 aliphatic heterocycles. The molecule has 23 heavy (non-hydrogen) atoms. The van der Waals surface area contributed by atoms with Gasteiger partial charge < -0.3 is 14.9 Å². The summed E-state index contributed by atoms with van der Waals surface area (Å²) in [6.45, 7) is 1.61. The Morgan fingerprint density at radius 2 is 2.09 bits per heavy atom. The number of carbonyl (C=O) groups is 1. The lowest BCUT2D eigenvalue weighted by Crippen LogP contribution is -2.36. The van der Waals surface area contributed by atoms with Crippen LogP contribution in [0.15, 0.2) is 41.5 Å². The third kappa shape index (κ3) is 3.03. The van der Waals surface area contributed by atoms with E-state index in [0.29, 0.717) is 18.9 Å². The lowest BCUT2D eigenvalue weighted by Gasteiger charge is -2.21.